The number of ether oxygens (including phenoxy) is 1. The molecule has 0 fully saturated rings. The molecule has 3 nitrogen and oxygen atoms in total. The van der Waals surface area contributed by atoms with Crippen LogP contribution in [0.1, 0.15) is 44.7 Å². The fourth-order valence-corrected chi connectivity index (χ4v) is 2.19. The second-order valence-electron chi connectivity index (χ2n) is 4.93. The van der Waals surface area contributed by atoms with Crippen molar-refractivity contribution in [3.63, 3.8) is 0 Å². The number of hydrogen-bond donors (Lipinski definition) is 2. The lowest BCUT2D eigenvalue weighted by molar-refractivity contribution is 0.390. The number of hydrazine groups is 1. The summed E-state index contributed by atoms with van der Waals surface area (Å²) in [4.78, 5) is 0. The molecule has 0 spiro atoms. The minimum absolute atomic E-state index is 0.107. The van der Waals surface area contributed by atoms with Crippen LogP contribution >= 0.6 is 11.6 Å². The van der Waals surface area contributed by atoms with Crippen LogP contribution in [0, 0.1) is 5.92 Å². The summed E-state index contributed by atoms with van der Waals surface area (Å²) < 4.78 is 5.36. The third kappa shape index (κ3) is 4.48. The number of nitrogens with two attached hydrogens (primary N) is 1. The van der Waals surface area contributed by atoms with Crippen molar-refractivity contribution in [2.24, 2.45) is 11.8 Å². The van der Waals surface area contributed by atoms with Gasteiger partial charge in [-0.2, -0.15) is 0 Å². The first-order valence-electron chi connectivity index (χ1n) is 6.38. The van der Waals surface area contributed by atoms with Crippen LogP contribution in [0.15, 0.2) is 18.2 Å². The van der Waals surface area contributed by atoms with Gasteiger partial charge in [0.2, 0.25) is 0 Å². The molecule has 0 aliphatic heterocycles. The van der Waals surface area contributed by atoms with Gasteiger partial charge in [0, 0.05) is 16.6 Å². The van der Waals surface area contributed by atoms with E-state index in [1.165, 1.54) is 6.42 Å². The molecule has 0 aliphatic rings. The molecule has 18 heavy (non-hydrogen) atoms. The zero-order valence-corrected chi connectivity index (χ0v) is 12.1. The first-order valence-corrected chi connectivity index (χ1v) is 6.75. The van der Waals surface area contributed by atoms with E-state index in [1.54, 1.807) is 7.11 Å². The van der Waals surface area contributed by atoms with E-state index < -0.39 is 0 Å². The molecule has 0 aromatic heterocycles. The Kier molecular flexibility index (Phi) is 6.47. The van der Waals surface area contributed by atoms with E-state index in [4.69, 9.17) is 22.2 Å². The number of rotatable bonds is 7. The molecule has 1 aromatic rings. The Morgan fingerprint density at radius 1 is 1.33 bits per heavy atom. The molecule has 0 aliphatic carbocycles. The fraction of sp³-hybridized carbons (Fsp3) is 0.571. The lowest BCUT2D eigenvalue weighted by atomic mass is 9.98. The van der Waals surface area contributed by atoms with Gasteiger partial charge in [-0.15, -0.1) is 0 Å². The Bertz CT molecular complexity index is 369. The van der Waals surface area contributed by atoms with Crippen molar-refractivity contribution < 1.29 is 4.74 Å². The van der Waals surface area contributed by atoms with E-state index in [9.17, 15) is 0 Å². The summed E-state index contributed by atoms with van der Waals surface area (Å²) in [5.74, 6) is 7.15. The molecule has 1 rings (SSSR count). The van der Waals surface area contributed by atoms with Gasteiger partial charge in [0.1, 0.15) is 5.75 Å². The van der Waals surface area contributed by atoms with Gasteiger partial charge in [-0.25, -0.2) is 0 Å². The smallest absolute Gasteiger partial charge is 0.125 e. The predicted molar refractivity (Wildman–Crippen MR) is 76.8 cm³/mol. The van der Waals surface area contributed by atoms with Gasteiger partial charge in [0.15, 0.2) is 0 Å². The maximum Gasteiger partial charge on any atom is 0.125 e. The Labute approximate surface area is 115 Å². The van der Waals surface area contributed by atoms with Crippen LogP contribution in [-0.4, -0.2) is 7.11 Å². The van der Waals surface area contributed by atoms with Crippen LogP contribution in [0.5, 0.6) is 5.75 Å². The van der Waals surface area contributed by atoms with Gasteiger partial charge < -0.3 is 4.74 Å². The first kappa shape index (κ1) is 15.3. The molecule has 1 atom stereocenters. The predicted octanol–water partition coefficient (Wildman–Crippen LogP) is 3.68. The average molecular weight is 271 g/mol. The van der Waals surface area contributed by atoms with Gasteiger partial charge in [0.25, 0.3) is 0 Å². The van der Waals surface area contributed by atoms with Crippen LogP contribution in [0.25, 0.3) is 0 Å². The van der Waals surface area contributed by atoms with Crippen molar-refractivity contribution in [2.75, 3.05) is 7.11 Å². The molecule has 0 saturated carbocycles. The Morgan fingerprint density at radius 3 is 2.61 bits per heavy atom. The first-order chi connectivity index (χ1) is 8.58. The van der Waals surface area contributed by atoms with Gasteiger partial charge in [-0.05, 0) is 24.5 Å². The van der Waals surface area contributed by atoms with Gasteiger partial charge in [-0.1, -0.05) is 44.4 Å². The minimum Gasteiger partial charge on any atom is -0.496 e. The molecular formula is C14H23ClN2O. The third-order valence-electron chi connectivity index (χ3n) is 3.05. The zero-order chi connectivity index (χ0) is 13.5. The molecule has 0 heterocycles. The summed E-state index contributed by atoms with van der Waals surface area (Å²) in [5.41, 5.74) is 3.93. The standard InChI is InChI=1S/C14H23ClN2O/c1-10(2)5-4-6-13(17-16)12-8-7-11(15)9-14(12)18-3/h7-10,13,17H,4-6,16H2,1-3H3. The highest BCUT2D eigenvalue weighted by Gasteiger charge is 2.15. The molecule has 1 aromatic carbocycles. The Balaban J connectivity index is 2.75. The summed E-state index contributed by atoms with van der Waals surface area (Å²) in [6, 6.07) is 5.77. The fourth-order valence-electron chi connectivity index (χ4n) is 2.03. The molecule has 0 amide bonds. The highest BCUT2D eigenvalue weighted by atomic mass is 35.5. The van der Waals surface area contributed by atoms with E-state index in [-0.39, 0.29) is 6.04 Å². The van der Waals surface area contributed by atoms with Crippen molar-refractivity contribution in [1.82, 2.24) is 5.43 Å². The Hall–Kier alpha value is -0.770. The average Bonchev–Trinajstić information content (AvgIpc) is 2.34. The molecule has 4 heteroatoms. The van der Waals surface area contributed by atoms with Crippen molar-refractivity contribution >= 4 is 11.6 Å². The highest BCUT2D eigenvalue weighted by Crippen LogP contribution is 2.30. The van der Waals surface area contributed by atoms with Crippen LogP contribution in [0.4, 0.5) is 0 Å². The number of hydrogen-bond acceptors (Lipinski definition) is 3. The summed E-state index contributed by atoms with van der Waals surface area (Å²) >= 11 is 5.96. The summed E-state index contributed by atoms with van der Waals surface area (Å²) in [6.07, 6.45) is 3.33. The minimum atomic E-state index is 0.107. The highest BCUT2D eigenvalue weighted by molar-refractivity contribution is 6.30. The van der Waals surface area contributed by atoms with Crippen molar-refractivity contribution in [1.29, 1.82) is 0 Å². The largest absolute Gasteiger partial charge is 0.496 e. The number of nitrogens with one attached hydrogen (secondary N) is 1. The molecule has 3 N–H and O–H groups in total. The quantitative estimate of drug-likeness (QED) is 0.587. The van der Waals surface area contributed by atoms with E-state index in [0.29, 0.717) is 5.02 Å². The lowest BCUT2D eigenvalue weighted by Crippen LogP contribution is -2.28. The van der Waals surface area contributed by atoms with Gasteiger partial charge >= 0.3 is 0 Å². The molecule has 1 unspecified atom stereocenters. The van der Waals surface area contributed by atoms with Gasteiger partial charge in [-0.3, -0.25) is 11.3 Å². The topological polar surface area (TPSA) is 47.3 Å². The van der Waals surface area contributed by atoms with Crippen LogP contribution in [-0.2, 0) is 0 Å². The SMILES string of the molecule is COc1cc(Cl)ccc1C(CCCC(C)C)NN. The van der Waals surface area contributed by atoms with E-state index in [0.717, 1.165) is 30.1 Å². The normalized spacial score (nSPS) is 12.8. The molecule has 0 saturated heterocycles. The number of benzene rings is 1. The maximum absolute atomic E-state index is 5.96. The lowest BCUT2D eigenvalue weighted by Gasteiger charge is -2.19. The summed E-state index contributed by atoms with van der Waals surface area (Å²) in [7, 11) is 1.65. The zero-order valence-electron chi connectivity index (χ0n) is 11.4. The van der Waals surface area contributed by atoms with Gasteiger partial charge in [0.05, 0.1) is 7.11 Å². The summed E-state index contributed by atoms with van der Waals surface area (Å²) in [5, 5.41) is 0.675. The van der Waals surface area contributed by atoms with E-state index in [1.807, 2.05) is 18.2 Å². The van der Waals surface area contributed by atoms with Crippen LogP contribution < -0.4 is 16.0 Å². The van der Waals surface area contributed by atoms with Crippen LogP contribution in [0.3, 0.4) is 0 Å². The van der Waals surface area contributed by atoms with E-state index in [2.05, 4.69) is 19.3 Å². The third-order valence-corrected chi connectivity index (χ3v) is 3.28. The van der Waals surface area contributed by atoms with Crippen molar-refractivity contribution in [3.8, 4) is 5.75 Å². The molecule has 0 radical (unpaired) electrons. The monoisotopic (exact) mass is 270 g/mol. The molecule has 102 valence electrons. The van der Waals surface area contributed by atoms with Crippen molar-refractivity contribution in [2.45, 2.75) is 39.2 Å². The second kappa shape index (κ2) is 7.62. The summed E-state index contributed by atoms with van der Waals surface area (Å²) in [6.45, 7) is 4.46. The molecule has 0 bridgehead atoms. The van der Waals surface area contributed by atoms with E-state index >= 15 is 0 Å². The van der Waals surface area contributed by atoms with Crippen LogP contribution in [0.2, 0.25) is 5.02 Å². The second-order valence-corrected chi connectivity index (χ2v) is 5.37. The number of methoxy groups -OCH3 is 1. The van der Waals surface area contributed by atoms with Crippen molar-refractivity contribution in [3.05, 3.63) is 28.8 Å². The molecular weight excluding hydrogens is 248 g/mol. The Morgan fingerprint density at radius 2 is 2.06 bits per heavy atom. The number of halogens is 1. The maximum atomic E-state index is 5.96.